The minimum absolute atomic E-state index is 0.240. The minimum Gasteiger partial charge on any atom is -0.328 e. The maximum absolute atomic E-state index is 5.79. The van der Waals surface area contributed by atoms with E-state index in [4.69, 9.17) is 5.73 Å². The third-order valence-corrected chi connectivity index (χ3v) is 3.32. The lowest BCUT2D eigenvalue weighted by atomic mass is 9.84. The molecule has 0 aliphatic carbocycles. The molecule has 0 bridgehead atoms. The molecule has 1 aromatic rings. The van der Waals surface area contributed by atoms with E-state index in [0.29, 0.717) is 6.04 Å². The highest BCUT2D eigenvalue weighted by Gasteiger charge is 2.14. The molecule has 1 atom stereocenters. The molecule has 0 radical (unpaired) electrons. The van der Waals surface area contributed by atoms with Gasteiger partial charge in [0.05, 0.1) is 0 Å². The van der Waals surface area contributed by atoms with Crippen LogP contribution in [0.4, 0.5) is 0 Å². The third-order valence-electron chi connectivity index (χ3n) is 3.32. The second-order valence-corrected chi connectivity index (χ2v) is 6.26. The third kappa shape index (κ3) is 4.51. The van der Waals surface area contributed by atoms with E-state index in [9.17, 15) is 0 Å². The van der Waals surface area contributed by atoms with Crippen LogP contribution in [0, 0.1) is 6.92 Å². The van der Waals surface area contributed by atoms with E-state index in [1.807, 2.05) is 0 Å². The first-order valence-corrected chi connectivity index (χ1v) is 6.66. The van der Waals surface area contributed by atoms with Crippen molar-refractivity contribution in [1.82, 2.24) is 0 Å². The van der Waals surface area contributed by atoms with Gasteiger partial charge < -0.3 is 5.73 Å². The van der Waals surface area contributed by atoms with Gasteiger partial charge in [-0.25, -0.2) is 0 Å². The van der Waals surface area contributed by atoms with Crippen LogP contribution in [-0.2, 0) is 11.8 Å². The van der Waals surface area contributed by atoms with Crippen molar-refractivity contribution in [1.29, 1.82) is 0 Å². The second-order valence-electron chi connectivity index (χ2n) is 6.26. The van der Waals surface area contributed by atoms with Gasteiger partial charge in [-0.3, -0.25) is 0 Å². The first kappa shape index (κ1) is 14.2. The minimum atomic E-state index is 0.240. The van der Waals surface area contributed by atoms with Crippen LogP contribution in [0.2, 0.25) is 0 Å². The number of hydrogen-bond acceptors (Lipinski definition) is 1. The van der Waals surface area contributed by atoms with Crippen molar-refractivity contribution in [2.75, 3.05) is 0 Å². The summed E-state index contributed by atoms with van der Waals surface area (Å²) < 4.78 is 0. The predicted octanol–water partition coefficient (Wildman–Crippen LogP) is 3.96. The largest absolute Gasteiger partial charge is 0.328 e. The highest BCUT2D eigenvalue weighted by Crippen LogP contribution is 2.25. The SMILES string of the molecule is Cc1ccc(C(C)(C)C)cc1CCCC(C)N. The van der Waals surface area contributed by atoms with E-state index in [1.54, 1.807) is 0 Å². The molecule has 1 rings (SSSR count). The van der Waals surface area contributed by atoms with Gasteiger partial charge in [-0.05, 0) is 55.2 Å². The molecular formula is C16H27N. The molecule has 0 aliphatic rings. The molecule has 2 N–H and O–H groups in total. The van der Waals surface area contributed by atoms with Crippen molar-refractivity contribution in [2.45, 2.75) is 65.3 Å². The Morgan fingerprint density at radius 3 is 2.41 bits per heavy atom. The Morgan fingerprint density at radius 1 is 1.24 bits per heavy atom. The van der Waals surface area contributed by atoms with Gasteiger partial charge in [-0.1, -0.05) is 39.0 Å². The average molecular weight is 233 g/mol. The Morgan fingerprint density at radius 2 is 1.88 bits per heavy atom. The molecule has 0 saturated heterocycles. The van der Waals surface area contributed by atoms with Crippen LogP contribution in [0.15, 0.2) is 18.2 Å². The van der Waals surface area contributed by atoms with Crippen LogP contribution in [0.25, 0.3) is 0 Å². The van der Waals surface area contributed by atoms with Crippen molar-refractivity contribution < 1.29 is 0 Å². The summed E-state index contributed by atoms with van der Waals surface area (Å²) in [5.41, 5.74) is 10.4. The number of hydrogen-bond donors (Lipinski definition) is 1. The summed E-state index contributed by atoms with van der Waals surface area (Å²) in [7, 11) is 0. The van der Waals surface area contributed by atoms with E-state index in [-0.39, 0.29) is 5.41 Å². The van der Waals surface area contributed by atoms with Crippen LogP contribution >= 0.6 is 0 Å². The van der Waals surface area contributed by atoms with Gasteiger partial charge in [0.25, 0.3) is 0 Å². The second kappa shape index (κ2) is 5.68. The smallest absolute Gasteiger partial charge is 0.00105 e. The zero-order chi connectivity index (χ0) is 13.1. The van der Waals surface area contributed by atoms with Gasteiger partial charge in [-0.2, -0.15) is 0 Å². The molecule has 17 heavy (non-hydrogen) atoms. The fourth-order valence-corrected chi connectivity index (χ4v) is 2.02. The summed E-state index contributed by atoms with van der Waals surface area (Å²) >= 11 is 0. The summed E-state index contributed by atoms with van der Waals surface area (Å²) in [5.74, 6) is 0. The van der Waals surface area contributed by atoms with E-state index in [2.05, 4.69) is 52.8 Å². The van der Waals surface area contributed by atoms with Crippen LogP contribution in [0.1, 0.15) is 57.2 Å². The van der Waals surface area contributed by atoms with Crippen molar-refractivity contribution >= 4 is 0 Å². The summed E-state index contributed by atoms with van der Waals surface area (Å²) in [4.78, 5) is 0. The molecule has 0 heterocycles. The van der Waals surface area contributed by atoms with Gasteiger partial charge in [0, 0.05) is 6.04 Å². The lowest BCUT2D eigenvalue weighted by molar-refractivity contribution is 0.586. The van der Waals surface area contributed by atoms with E-state index in [0.717, 1.165) is 12.8 Å². The predicted molar refractivity (Wildman–Crippen MR) is 76.5 cm³/mol. The first-order valence-electron chi connectivity index (χ1n) is 6.66. The zero-order valence-electron chi connectivity index (χ0n) is 12.0. The fraction of sp³-hybridized carbons (Fsp3) is 0.625. The fourth-order valence-electron chi connectivity index (χ4n) is 2.02. The van der Waals surface area contributed by atoms with Gasteiger partial charge in [0.1, 0.15) is 0 Å². The highest BCUT2D eigenvalue weighted by atomic mass is 14.6. The summed E-state index contributed by atoms with van der Waals surface area (Å²) in [5, 5.41) is 0. The Kier molecular flexibility index (Phi) is 4.76. The maximum Gasteiger partial charge on any atom is 0.00105 e. The molecule has 0 spiro atoms. The van der Waals surface area contributed by atoms with Crippen molar-refractivity contribution in [2.24, 2.45) is 5.73 Å². The Labute approximate surface area is 106 Å². The molecule has 1 nitrogen and oxygen atoms in total. The molecule has 1 heteroatoms. The van der Waals surface area contributed by atoms with Crippen molar-refractivity contribution in [3.05, 3.63) is 34.9 Å². The van der Waals surface area contributed by atoms with Crippen molar-refractivity contribution in [3.63, 3.8) is 0 Å². The zero-order valence-corrected chi connectivity index (χ0v) is 12.0. The Balaban J connectivity index is 2.77. The lowest BCUT2D eigenvalue weighted by Crippen LogP contribution is -2.15. The molecule has 0 amide bonds. The monoisotopic (exact) mass is 233 g/mol. The maximum atomic E-state index is 5.79. The van der Waals surface area contributed by atoms with Crippen LogP contribution in [0.3, 0.4) is 0 Å². The summed E-state index contributed by atoms with van der Waals surface area (Å²) in [6.45, 7) is 11.1. The molecule has 0 fully saturated rings. The molecular weight excluding hydrogens is 206 g/mol. The molecule has 1 unspecified atom stereocenters. The topological polar surface area (TPSA) is 26.0 Å². The van der Waals surface area contributed by atoms with Crippen molar-refractivity contribution in [3.8, 4) is 0 Å². The molecule has 1 aromatic carbocycles. The summed E-state index contributed by atoms with van der Waals surface area (Å²) in [6, 6.07) is 7.20. The van der Waals surface area contributed by atoms with E-state index in [1.165, 1.54) is 23.1 Å². The van der Waals surface area contributed by atoms with Gasteiger partial charge in [-0.15, -0.1) is 0 Å². The number of nitrogens with two attached hydrogens (primary N) is 1. The van der Waals surface area contributed by atoms with Gasteiger partial charge in [0.15, 0.2) is 0 Å². The average Bonchev–Trinajstić information content (AvgIpc) is 2.18. The van der Waals surface area contributed by atoms with E-state index >= 15 is 0 Å². The number of rotatable bonds is 4. The summed E-state index contributed by atoms with van der Waals surface area (Å²) in [6.07, 6.45) is 3.45. The van der Waals surface area contributed by atoms with Gasteiger partial charge >= 0.3 is 0 Å². The Hall–Kier alpha value is -0.820. The number of aryl methyl sites for hydroxylation is 2. The molecule has 0 aromatic heterocycles. The van der Waals surface area contributed by atoms with Gasteiger partial charge in [0.2, 0.25) is 0 Å². The normalized spacial score (nSPS) is 13.8. The highest BCUT2D eigenvalue weighted by molar-refractivity contribution is 5.34. The standard InChI is InChI=1S/C16H27N/c1-12-9-10-15(16(3,4)5)11-14(12)8-6-7-13(2)17/h9-11,13H,6-8,17H2,1-5H3. The van der Waals surface area contributed by atoms with E-state index < -0.39 is 0 Å². The quantitative estimate of drug-likeness (QED) is 0.837. The van der Waals surface area contributed by atoms with Crippen LogP contribution in [0.5, 0.6) is 0 Å². The molecule has 0 aliphatic heterocycles. The van der Waals surface area contributed by atoms with Crippen LogP contribution < -0.4 is 5.73 Å². The number of benzene rings is 1. The molecule has 0 saturated carbocycles. The first-order chi connectivity index (χ1) is 7.80. The lowest BCUT2D eigenvalue weighted by Gasteiger charge is -2.21. The molecule has 96 valence electrons. The van der Waals surface area contributed by atoms with Crippen LogP contribution in [-0.4, -0.2) is 6.04 Å². The Bertz CT molecular complexity index is 358.